The van der Waals surface area contributed by atoms with Gasteiger partial charge >= 0.3 is 5.97 Å². The zero-order chi connectivity index (χ0) is 27.9. The van der Waals surface area contributed by atoms with Gasteiger partial charge in [0.1, 0.15) is 0 Å². The first-order valence-corrected chi connectivity index (χ1v) is 15.9. The number of carbonyl (C=O) groups is 2. The number of ether oxygens (including phenoxy) is 2. The smallest absolute Gasteiger partial charge is 0.308 e. The topological polar surface area (TPSA) is 52.6 Å². The Morgan fingerprint density at radius 3 is 2.45 bits per heavy atom. The quantitative estimate of drug-likeness (QED) is 0.175. The lowest BCUT2D eigenvalue weighted by Gasteiger charge is -2.29. The Labute approximate surface area is 241 Å². The molecule has 2 unspecified atom stereocenters. The van der Waals surface area contributed by atoms with Crippen LogP contribution in [0.1, 0.15) is 104 Å². The molecule has 2 aromatic rings. The molecule has 0 bridgehead atoms. The predicted octanol–water partition coefficient (Wildman–Crippen LogP) is 7.72. The highest BCUT2D eigenvalue weighted by atomic mass is 16.5. The van der Waals surface area contributed by atoms with Gasteiger partial charge in [0.25, 0.3) is 0 Å². The van der Waals surface area contributed by atoms with E-state index in [4.69, 9.17) is 9.47 Å². The first-order valence-electron chi connectivity index (χ1n) is 15.9. The second-order valence-electron chi connectivity index (χ2n) is 12.8. The fourth-order valence-corrected chi connectivity index (χ4v) is 7.37. The molecule has 1 saturated carbocycles. The SMILES string of the molecule is COC(=O)C1CCC[C@H](CCc2ccc3c(c2)CC[C@H](C(C)C(=O)c2ccc(CC[C@@H]4CCCO4)cc2)C3)CC1. The van der Waals surface area contributed by atoms with Crippen LogP contribution in [0.2, 0.25) is 0 Å². The lowest BCUT2D eigenvalue weighted by atomic mass is 9.75. The van der Waals surface area contributed by atoms with E-state index in [1.165, 1.54) is 55.0 Å². The van der Waals surface area contributed by atoms with E-state index in [1.54, 1.807) is 0 Å². The van der Waals surface area contributed by atoms with Gasteiger partial charge in [-0.2, -0.15) is 0 Å². The van der Waals surface area contributed by atoms with E-state index >= 15 is 0 Å². The van der Waals surface area contributed by atoms with Crippen molar-refractivity contribution in [1.29, 1.82) is 0 Å². The number of fused-ring (bicyclic) bond motifs is 1. The van der Waals surface area contributed by atoms with Gasteiger partial charge in [0.05, 0.1) is 19.1 Å². The number of hydrogen-bond acceptors (Lipinski definition) is 4. The van der Waals surface area contributed by atoms with Crippen LogP contribution in [-0.2, 0) is 40.0 Å². The third kappa shape index (κ3) is 7.43. The summed E-state index contributed by atoms with van der Waals surface area (Å²) in [7, 11) is 1.51. The third-order valence-corrected chi connectivity index (χ3v) is 10.1. The molecule has 2 aromatic carbocycles. The predicted molar refractivity (Wildman–Crippen MR) is 160 cm³/mol. The highest BCUT2D eigenvalue weighted by Gasteiger charge is 2.29. The number of carbonyl (C=O) groups excluding carboxylic acids is 2. The number of Topliss-reactive ketones (excluding diaryl/α,β-unsaturated/α-hetero) is 1. The van der Waals surface area contributed by atoms with E-state index < -0.39 is 0 Å². The van der Waals surface area contributed by atoms with Crippen molar-refractivity contribution in [2.75, 3.05) is 13.7 Å². The van der Waals surface area contributed by atoms with E-state index in [9.17, 15) is 9.59 Å². The maximum absolute atomic E-state index is 13.4. The van der Waals surface area contributed by atoms with Gasteiger partial charge < -0.3 is 9.47 Å². The molecule has 0 amide bonds. The van der Waals surface area contributed by atoms with Gasteiger partial charge in [-0.1, -0.05) is 62.2 Å². The molecule has 1 aliphatic heterocycles. The molecule has 216 valence electrons. The van der Waals surface area contributed by atoms with Crippen LogP contribution in [-0.4, -0.2) is 31.6 Å². The molecular formula is C36H48O4. The molecule has 3 aliphatic rings. The van der Waals surface area contributed by atoms with Crippen LogP contribution in [0.25, 0.3) is 0 Å². The number of ketones is 1. The molecule has 2 fully saturated rings. The third-order valence-electron chi connectivity index (χ3n) is 10.1. The number of aryl methyl sites for hydroxylation is 3. The fraction of sp³-hybridized carbons (Fsp3) is 0.611. The van der Waals surface area contributed by atoms with Crippen molar-refractivity contribution in [2.24, 2.45) is 23.7 Å². The Bertz CT molecular complexity index is 1130. The molecule has 5 rings (SSSR count). The molecule has 40 heavy (non-hydrogen) atoms. The molecule has 0 aromatic heterocycles. The molecular weight excluding hydrogens is 496 g/mol. The van der Waals surface area contributed by atoms with Crippen LogP contribution in [0.5, 0.6) is 0 Å². The highest BCUT2D eigenvalue weighted by Crippen LogP contribution is 2.34. The number of esters is 1. The number of methoxy groups -OCH3 is 1. The molecule has 4 heteroatoms. The average molecular weight is 545 g/mol. The van der Waals surface area contributed by atoms with Crippen LogP contribution < -0.4 is 0 Å². The molecule has 2 aliphatic carbocycles. The summed E-state index contributed by atoms with van der Waals surface area (Å²) in [5.41, 5.74) is 6.50. The fourth-order valence-electron chi connectivity index (χ4n) is 7.37. The van der Waals surface area contributed by atoms with Crippen LogP contribution in [0.4, 0.5) is 0 Å². The van der Waals surface area contributed by atoms with E-state index in [1.807, 2.05) is 12.1 Å². The van der Waals surface area contributed by atoms with E-state index in [0.29, 0.717) is 17.9 Å². The van der Waals surface area contributed by atoms with Crippen molar-refractivity contribution in [1.82, 2.24) is 0 Å². The van der Waals surface area contributed by atoms with Crippen molar-refractivity contribution in [3.63, 3.8) is 0 Å². The van der Waals surface area contributed by atoms with Crippen molar-refractivity contribution in [3.05, 3.63) is 70.3 Å². The van der Waals surface area contributed by atoms with Crippen molar-refractivity contribution >= 4 is 11.8 Å². The van der Waals surface area contributed by atoms with Gasteiger partial charge in [0, 0.05) is 18.1 Å². The minimum Gasteiger partial charge on any atom is -0.469 e. The van der Waals surface area contributed by atoms with Crippen molar-refractivity contribution in [3.8, 4) is 0 Å². The van der Waals surface area contributed by atoms with Gasteiger partial charge in [-0.05, 0) is 111 Å². The number of benzene rings is 2. The summed E-state index contributed by atoms with van der Waals surface area (Å²) in [6, 6.07) is 15.4. The van der Waals surface area contributed by atoms with E-state index in [0.717, 1.165) is 76.4 Å². The number of hydrogen-bond donors (Lipinski definition) is 0. The maximum atomic E-state index is 13.4. The molecule has 0 spiro atoms. The first-order chi connectivity index (χ1) is 19.5. The lowest BCUT2D eigenvalue weighted by Crippen LogP contribution is -2.26. The summed E-state index contributed by atoms with van der Waals surface area (Å²) in [6.45, 7) is 3.04. The molecule has 4 nitrogen and oxygen atoms in total. The lowest BCUT2D eigenvalue weighted by molar-refractivity contribution is -0.145. The first kappa shape index (κ1) is 29.0. The standard InChI is InChI=1S/C36H48O4/c1-25(35(37)29-15-10-27(11-16-29)14-21-34-7-4-22-40-34)31-19-20-32-23-28(13-18-33(32)24-31)9-8-26-5-3-6-30(17-12-26)36(38)39-2/h10-11,13,15-16,18,23,25-26,30-31,34H,3-9,12,14,17,19-22,24H2,1-2H3/t25?,26-,30?,31+,34+/m1/s1. The minimum absolute atomic E-state index is 0.0248. The summed E-state index contributed by atoms with van der Waals surface area (Å²) in [4.78, 5) is 25.3. The Hall–Kier alpha value is -2.46. The normalized spacial score (nSPS) is 25.6. The van der Waals surface area contributed by atoms with Crippen molar-refractivity contribution < 1.29 is 19.1 Å². The molecule has 1 saturated heterocycles. The van der Waals surface area contributed by atoms with Crippen LogP contribution >= 0.6 is 0 Å². The van der Waals surface area contributed by atoms with Crippen LogP contribution in [0, 0.1) is 23.7 Å². The zero-order valence-corrected chi connectivity index (χ0v) is 24.7. The Balaban J connectivity index is 1.10. The van der Waals surface area contributed by atoms with Crippen LogP contribution in [0.3, 0.4) is 0 Å². The second kappa shape index (κ2) is 13.9. The number of rotatable bonds is 10. The summed E-state index contributed by atoms with van der Waals surface area (Å²) in [5.74, 6) is 1.50. The van der Waals surface area contributed by atoms with Gasteiger partial charge in [-0.15, -0.1) is 0 Å². The summed E-state index contributed by atoms with van der Waals surface area (Å²) in [6.07, 6.45) is 15.8. The Morgan fingerprint density at radius 2 is 1.68 bits per heavy atom. The monoisotopic (exact) mass is 544 g/mol. The van der Waals surface area contributed by atoms with E-state index in [-0.39, 0.29) is 23.6 Å². The van der Waals surface area contributed by atoms with Crippen molar-refractivity contribution in [2.45, 2.75) is 103 Å². The summed E-state index contributed by atoms with van der Waals surface area (Å²) >= 11 is 0. The molecule has 0 radical (unpaired) electrons. The van der Waals surface area contributed by atoms with Gasteiger partial charge in [0.2, 0.25) is 0 Å². The molecule has 0 N–H and O–H groups in total. The Morgan fingerprint density at radius 1 is 0.875 bits per heavy atom. The van der Waals surface area contributed by atoms with Crippen LogP contribution in [0.15, 0.2) is 42.5 Å². The molecule has 5 atom stereocenters. The average Bonchev–Trinajstić information content (AvgIpc) is 3.41. The maximum Gasteiger partial charge on any atom is 0.308 e. The van der Waals surface area contributed by atoms with Gasteiger partial charge in [-0.3, -0.25) is 9.59 Å². The molecule has 1 heterocycles. The van der Waals surface area contributed by atoms with Gasteiger partial charge in [0.15, 0.2) is 5.78 Å². The summed E-state index contributed by atoms with van der Waals surface area (Å²) in [5, 5.41) is 0. The zero-order valence-electron chi connectivity index (χ0n) is 24.7. The summed E-state index contributed by atoms with van der Waals surface area (Å²) < 4.78 is 10.7. The second-order valence-corrected chi connectivity index (χ2v) is 12.8. The van der Waals surface area contributed by atoms with E-state index in [2.05, 4.69) is 37.3 Å². The highest BCUT2D eigenvalue weighted by molar-refractivity contribution is 5.97. The largest absolute Gasteiger partial charge is 0.469 e. The minimum atomic E-state index is -0.0248. The Kier molecular flexibility index (Phi) is 10.1. The van der Waals surface area contributed by atoms with Gasteiger partial charge in [-0.25, -0.2) is 0 Å².